The molecule has 0 amide bonds. The summed E-state index contributed by atoms with van der Waals surface area (Å²) in [6, 6.07) is 0. The maximum atomic E-state index is 10.6. The quantitative estimate of drug-likeness (QED) is 0.690. The largest absolute Gasteiger partial charge is 0.392 e. The summed E-state index contributed by atoms with van der Waals surface area (Å²) in [5.74, 6) is 1.08. The summed E-state index contributed by atoms with van der Waals surface area (Å²) in [4.78, 5) is 0. The number of aliphatic hydroxyl groups excluding tert-OH is 1. The number of aliphatic hydroxyl groups is 2. The predicted octanol–water partition coefficient (Wildman–Crippen LogP) is 2.75. The third kappa shape index (κ3) is 2.17. The molecular weight excluding hydrogens is 212 g/mol. The van der Waals surface area contributed by atoms with E-state index in [1.165, 1.54) is 0 Å². The van der Waals surface area contributed by atoms with Crippen LogP contribution in [0.3, 0.4) is 0 Å². The molecule has 2 aliphatic carbocycles. The second kappa shape index (κ2) is 4.40. The summed E-state index contributed by atoms with van der Waals surface area (Å²) in [7, 11) is 0. The van der Waals surface area contributed by atoms with Gasteiger partial charge in [0.1, 0.15) is 0 Å². The minimum absolute atomic E-state index is 0.111. The van der Waals surface area contributed by atoms with Crippen molar-refractivity contribution in [1.29, 1.82) is 0 Å². The second-order valence-electron chi connectivity index (χ2n) is 6.62. The maximum absolute atomic E-state index is 10.6. The van der Waals surface area contributed by atoms with Gasteiger partial charge in [0.25, 0.3) is 0 Å². The molecule has 0 aromatic rings. The van der Waals surface area contributed by atoms with Crippen molar-refractivity contribution in [2.24, 2.45) is 23.7 Å². The third-order valence-corrected chi connectivity index (χ3v) is 5.13. The molecular formula is C15H26O2. The number of hydrogen-bond acceptors (Lipinski definition) is 2. The first-order chi connectivity index (χ1) is 7.84. The van der Waals surface area contributed by atoms with Crippen LogP contribution in [0.15, 0.2) is 12.2 Å². The lowest BCUT2D eigenvalue weighted by Gasteiger charge is -2.34. The minimum atomic E-state index is -0.630. The van der Waals surface area contributed by atoms with Gasteiger partial charge in [-0.2, -0.15) is 0 Å². The fourth-order valence-electron chi connectivity index (χ4n) is 3.96. The number of hydrogen-bond donors (Lipinski definition) is 2. The predicted molar refractivity (Wildman–Crippen MR) is 69.5 cm³/mol. The highest BCUT2D eigenvalue weighted by Gasteiger charge is 2.49. The zero-order valence-electron chi connectivity index (χ0n) is 11.3. The first-order valence-electron chi connectivity index (χ1n) is 6.92. The van der Waals surface area contributed by atoms with E-state index in [1.54, 1.807) is 0 Å². The summed E-state index contributed by atoms with van der Waals surface area (Å²) in [5, 5.41) is 21.2. The fraction of sp³-hybridized carbons (Fsp3) is 0.867. The molecule has 2 nitrogen and oxygen atoms in total. The first-order valence-corrected chi connectivity index (χ1v) is 6.92. The Balaban J connectivity index is 2.32. The van der Waals surface area contributed by atoms with Gasteiger partial charge < -0.3 is 10.2 Å². The molecule has 0 heterocycles. The molecule has 98 valence electrons. The summed E-state index contributed by atoms with van der Waals surface area (Å²) in [6.45, 7) is 10.4. The molecule has 0 spiro atoms. The van der Waals surface area contributed by atoms with Crippen LogP contribution in [0.4, 0.5) is 0 Å². The molecule has 17 heavy (non-hydrogen) atoms. The molecule has 0 aliphatic heterocycles. The van der Waals surface area contributed by atoms with Crippen molar-refractivity contribution in [3.05, 3.63) is 12.2 Å². The molecule has 0 radical (unpaired) electrons. The zero-order chi connectivity index (χ0) is 12.8. The van der Waals surface area contributed by atoms with Crippen molar-refractivity contribution in [1.82, 2.24) is 0 Å². The molecule has 2 fully saturated rings. The lowest BCUT2D eigenvalue weighted by molar-refractivity contribution is -0.0320. The van der Waals surface area contributed by atoms with Crippen LogP contribution in [-0.4, -0.2) is 21.9 Å². The van der Waals surface area contributed by atoms with Crippen molar-refractivity contribution in [2.75, 3.05) is 0 Å². The average molecular weight is 238 g/mol. The molecule has 0 aromatic carbocycles. The van der Waals surface area contributed by atoms with E-state index < -0.39 is 5.60 Å². The van der Waals surface area contributed by atoms with Gasteiger partial charge in [-0.25, -0.2) is 0 Å². The zero-order valence-corrected chi connectivity index (χ0v) is 11.3. The Hall–Kier alpha value is -0.340. The topological polar surface area (TPSA) is 40.5 Å². The lowest BCUT2D eigenvalue weighted by atomic mass is 9.77. The van der Waals surface area contributed by atoms with Gasteiger partial charge in [-0.1, -0.05) is 26.0 Å². The summed E-state index contributed by atoms with van der Waals surface area (Å²) in [5.41, 5.74) is 0.518. The van der Waals surface area contributed by atoms with Gasteiger partial charge in [0.2, 0.25) is 0 Å². The van der Waals surface area contributed by atoms with E-state index in [2.05, 4.69) is 20.4 Å². The van der Waals surface area contributed by atoms with E-state index in [9.17, 15) is 10.2 Å². The Morgan fingerprint density at radius 2 is 2.00 bits per heavy atom. The van der Waals surface area contributed by atoms with E-state index in [4.69, 9.17) is 0 Å². The fourth-order valence-corrected chi connectivity index (χ4v) is 3.96. The smallest absolute Gasteiger partial charge is 0.0654 e. The van der Waals surface area contributed by atoms with Gasteiger partial charge in [0, 0.05) is 5.92 Å². The van der Waals surface area contributed by atoms with Crippen LogP contribution in [0.25, 0.3) is 0 Å². The van der Waals surface area contributed by atoms with E-state index in [-0.39, 0.29) is 17.9 Å². The monoisotopic (exact) mass is 238 g/mol. The molecule has 0 unspecified atom stereocenters. The lowest BCUT2D eigenvalue weighted by Crippen LogP contribution is -2.39. The highest BCUT2D eigenvalue weighted by atomic mass is 16.3. The molecule has 5 atom stereocenters. The molecule has 2 heteroatoms. The standard InChI is InChI=1S/C15H26O2/c1-9(2)11-7-8-15(4,17)12-6-5-10(3)13(12)14(11)16/h9,11-14,16-17H,3,5-8H2,1-2,4H3/t11-,12-,13-,14-,15+/m1/s1. The highest BCUT2D eigenvalue weighted by Crippen LogP contribution is 2.50. The maximum Gasteiger partial charge on any atom is 0.0654 e. The van der Waals surface area contributed by atoms with Crippen LogP contribution in [0.1, 0.15) is 46.5 Å². The van der Waals surface area contributed by atoms with Crippen molar-refractivity contribution in [3.63, 3.8) is 0 Å². The van der Waals surface area contributed by atoms with Gasteiger partial charge in [-0.3, -0.25) is 0 Å². The van der Waals surface area contributed by atoms with Gasteiger partial charge in [-0.05, 0) is 50.4 Å². The van der Waals surface area contributed by atoms with E-state index in [0.717, 1.165) is 31.3 Å². The van der Waals surface area contributed by atoms with Crippen molar-refractivity contribution in [3.8, 4) is 0 Å². The second-order valence-corrected chi connectivity index (χ2v) is 6.62. The van der Waals surface area contributed by atoms with Crippen molar-refractivity contribution in [2.45, 2.75) is 58.2 Å². The highest BCUT2D eigenvalue weighted by molar-refractivity contribution is 5.16. The average Bonchev–Trinajstić information content (AvgIpc) is 2.55. The molecule has 0 aromatic heterocycles. The molecule has 0 bridgehead atoms. The molecule has 2 N–H and O–H groups in total. The van der Waals surface area contributed by atoms with Gasteiger partial charge in [0.15, 0.2) is 0 Å². The van der Waals surface area contributed by atoms with Crippen LogP contribution in [0, 0.1) is 23.7 Å². The molecule has 0 saturated heterocycles. The molecule has 2 saturated carbocycles. The van der Waals surface area contributed by atoms with Crippen molar-refractivity contribution >= 4 is 0 Å². The Bertz CT molecular complexity index is 306. The Morgan fingerprint density at radius 1 is 1.35 bits per heavy atom. The van der Waals surface area contributed by atoms with Crippen LogP contribution in [-0.2, 0) is 0 Å². The molecule has 2 aliphatic rings. The van der Waals surface area contributed by atoms with E-state index >= 15 is 0 Å². The van der Waals surface area contributed by atoms with Gasteiger partial charge in [0.05, 0.1) is 11.7 Å². The Labute approximate surface area is 105 Å². The Morgan fingerprint density at radius 3 is 2.59 bits per heavy atom. The van der Waals surface area contributed by atoms with Crippen LogP contribution < -0.4 is 0 Å². The number of fused-ring (bicyclic) bond motifs is 1. The van der Waals surface area contributed by atoms with Gasteiger partial charge in [-0.15, -0.1) is 0 Å². The third-order valence-electron chi connectivity index (χ3n) is 5.13. The number of rotatable bonds is 1. The minimum Gasteiger partial charge on any atom is -0.392 e. The first kappa shape index (κ1) is 13.1. The van der Waals surface area contributed by atoms with E-state index in [1.807, 2.05) is 6.92 Å². The van der Waals surface area contributed by atoms with Crippen LogP contribution in [0.5, 0.6) is 0 Å². The summed E-state index contributed by atoms with van der Waals surface area (Å²) < 4.78 is 0. The normalized spacial score (nSPS) is 47.1. The van der Waals surface area contributed by atoms with E-state index in [0.29, 0.717) is 11.8 Å². The summed E-state index contributed by atoms with van der Waals surface area (Å²) in [6.07, 6.45) is 3.36. The molecule has 2 rings (SSSR count). The van der Waals surface area contributed by atoms with Gasteiger partial charge >= 0.3 is 0 Å². The Kier molecular flexibility index (Phi) is 3.39. The SMILES string of the molecule is C=C1CC[C@@H]2[C@@H]1[C@H](O)[C@@H](C(C)C)CC[C@]2(C)O. The summed E-state index contributed by atoms with van der Waals surface area (Å²) >= 11 is 0. The van der Waals surface area contributed by atoms with Crippen LogP contribution in [0.2, 0.25) is 0 Å². The van der Waals surface area contributed by atoms with Crippen molar-refractivity contribution < 1.29 is 10.2 Å². The van der Waals surface area contributed by atoms with Crippen LogP contribution >= 0.6 is 0 Å².